The molecule has 3 heteroatoms. The van der Waals surface area contributed by atoms with E-state index in [1.54, 1.807) is 0 Å². The van der Waals surface area contributed by atoms with Gasteiger partial charge in [0.15, 0.2) is 0 Å². The standard InChI is InChI=1S/C18H34N2O/c1-3-4-5-6-7-8-9-10-11-12-13-14-18-19-15-16-20(18)17(2)21/h5-6,17,21H,3-4,7-16H2,1-2H3/b6-5+. The SMILES string of the molecule is CCC/C=C/CCCCCCCCC1=NCCN1C(C)O. The predicted octanol–water partition coefficient (Wildman–Crippen LogP) is 4.52. The van der Waals surface area contributed by atoms with Crippen LogP contribution >= 0.6 is 0 Å². The molecular weight excluding hydrogens is 260 g/mol. The van der Waals surface area contributed by atoms with Gasteiger partial charge in [-0.25, -0.2) is 0 Å². The number of hydrogen-bond acceptors (Lipinski definition) is 3. The number of hydrogen-bond donors (Lipinski definition) is 1. The van der Waals surface area contributed by atoms with Crippen molar-refractivity contribution in [1.82, 2.24) is 4.90 Å². The Bertz CT molecular complexity index is 310. The number of allylic oxidation sites excluding steroid dienone is 2. The Morgan fingerprint density at radius 1 is 1.10 bits per heavy atom. The van der Waals surface area contributed by atoms with Crippen LogP contribution < -0.4 is 0 Å². The first-order valence-electron chi connectivity index (χ1n) is 8.88. The van der Waals surface area contributed by atoms with Gasteiger partial charge in [0.2, 0.25) is 0 Å². The van der Waals surface area contributed by atoms with Crippen LogP contribution in [0.5, 0.6) is 0 Å². The molecule has 1 unspecified atom stereocenters. The van der Waals surface area contributed by atoms with E-state index in [9.17, 15) is 5.11 Å². The van der Waals surface area contributed by atoms with Gasteiger partial charge >= 0.3 is 0 Å². The lowest BCUT2D eigenvalue weighted by Crippen LogP contribution is -2.35. The average Bonchev–Trinajstić information content (AvgIpc) is 2.93. The first-order chi connectivity index (χ1) is 10.3. The van der Waals surface area contributed by atoms with Gasteiger partial charge in [-0.3, -0.25) is 4.99 Å². The van der Waals surface area contributed by atoms with Crippen molar-refractivity contribution in [3.05, 3.63) is 12.2 Å². The summed E-state index contributed by atoms with van der Waals surface area (Å²) < 4.78 is 0. The summed E-state index contributed by atoms with van der Waals surface area (Å²) in [7, 11) is 0. The molecule has 0 spiro atoms. The van der Waals surface area contributed by atoms with Gasteiger partial charge in [0.1, 0.15) is 12.1 Å². The highest BCUT2D eigenvalue weighted by Gasteiger charge is 2.19. The fourth-order valence-corrected chi connectivity index (χ4v) is 2.79. The van der Waals surface area contributed by atoms with E-state index in [-0.39, 0.29) is 6.23 Å². The van der Waals surface area contributed by atoms with Gasteiger partial charge in [-0.1, -0.05) is 51.2 Å². The molecule has 122 valence electrons. The molecule has 0 bridgehead atoms. The Labute approximate surface area is 131 Å². The van der Waals surface area contributed by atoms with E-state index in [4.69, 9.17) is 0 Å². The molecule has 0 fully saturated rings. The number of amidine groups is 1. The lowest BCUT2D eigenvalue weighted by atomic mass is 10.1. The van der Waals surface area contributed by atoms with Crippen molar-refractivity contribution in [1.29, 1.82) is 0 Å². The van der Waals surface area contributed by atoms with Gasteiger partial charge in [-0.2, -0.15) is 0 Å². The molecule has 1 N–H and O–H groups in total. The van der Waals surface area contributed by atoms with E-state index in [0.29, 0.717) is 0 Å². The first-order valence-corrected chi connectivity index (χ1v) is 8.88. The lowest BCUT2D eigenvalue weighted by molar-refractivity contribution is 0.0766. The highest BCUT2D eigenvalue weighted by molar-refractivity contribution is 5.83. The number of unbranched alkanes of at least 4 members (excludes halogenated alkanes) is 7. The molecule has 3 nitrogen and oxygen atoms in total. The van der Waals surface area contributed by atoms with Crippen molar-refractivity contribution >= 4 is 5.84 Å². The van der Waals surface area contributed by atoms with E-state index in [0.717, 1.165) is 25.3 Å². The summed E-state index contributed by atoms with van der Waals surface area (Å²) >= 11 is 0. The summed E-state index contributed by atoms with van der Waals surface area (Å²) in [5, 5.41) is 9.64. The van der Waals surface area contributed by atoms with Crippen LogP contribution in [-0.4, -0.2) is 35.2 Å². The normalized spacial score (nSPS) is 16.7. The molecule has 0 saturated heterocycles. The number of nitrogens with zero attached hydrogens (tertiary/aromatic N) is 2. The number of rotatable bonds is 12. The van der Waals surface area contributed by atoms with Gasteiger partial charge in [0.25, 0.3) is 0 Å². The van der Waals surface area contributed by atoms with Crippen molar-refractivity contribution in [3.63, 3.8) is 0 Å². The monoisotopic (exact) mass is 294 g/mol. The fraction of sp³-hybridized carbons (Fsp3) is 0.833. The maximum Gasteiger partial charge on any atom is 0.125 e. The Balaban J connectivity index is 1.91. The molecule has 1 rings (SSSR count). The molecule has 0 saturated carbocycles. The van der Waals surface area contributed by atoms with Gasteiger partial charge in [-0.15, -0.1) is 0 Å². The third-order valence-corrected chi connectivity index (χ3v) is 4.06. The molecule has 0 radical (unpaired) electrons. The van der Waals surface area contributed by atoms with Crippen LogP contribution in [0.15, 0.2) is 17.1 Å². The predicted molar refractivity (Wildman–Crippen MR) is 91.7 cm³/mol. The summed E-state index contributed by atoms with van der Waals surface area (Å²) in [6, 6.07) is 0. The van der Waals surface area contributed by atoms with E-state index in [2.05, 4.69) is 24.1 Å². The topological polar surface area (TPSA) is 35.8 Å². The van der Waals surface area contributed by atoms with E-state index >= 15 is 0 Å². The highest BCUT2D eigenvalue weighted by atomic mass is 16.3. The largest absolute Gasteiger partial charge is 0.374 e. The van der Waals surface area contributed by atoms with Crippen LogP contribution in [-0.2, 0) is 0 Å². The zero-order chi connectivity index (χ0) is 15.3. The summed E-state index contributed by atoms with van der Waals surface area (Å²) in [6.07, 6.45) is 16.9. The average molecular weight is 294 g/mol. The van der Waals surface area contributed by atoms with Crippen LogP contribution in [0.1, 0.15) is 78.1 Å². The van der Waals surface area contributed by atoms with Crippen LogP contribution in [0.2, 0.25) is 0 Å². The van der Waals surface area contributed by atoms with E-state index in [1.165, 1.54) is 57.8 Å². The maximum absolute atomic E-state index is 9.64. The van der Waals surface area contributed by atoms with Crippen LogP contribution in [0.4, 0.5) is 0 Å². The summed E-state index contributed by atoms with van der Waals surface area (Å²) in [5.41, 5.74) is 0. The second-order valence-electron chi connectivity index (χ2n) is 6.04. The van der Waals surface area contributed by atoms with Gasteiger partial charge in [0, 0.05) is 13.0 Å². The molecule has 0 aromatic heterocycles. The Hall–Kier alpha value is -0.830. The number of aliphatic hydroxyl groups is 1. The Morgan fingerprint density at radius 2 is 1.76 bits per heavy atom. The summed E-state index contributed by atoms with van der Waals surface area (Å²) in [6.45, 7) is 5.79. The summed E-state index contributed by atoms with van der Waals surface area (Å²) in [4.78, 5) is 6.53. The van der Waals surface area contributed by atoms with E-state index in [1.807, 2.05) is 11.8 Å². The smallest absolute Gasteiger partial charge is 0.125 e. The molecule has 1 heterocycles. The molecule has 1 aliphatic rings. The van der Waals surface area contributed by atoms with Crippen molar-refractivity contribution in [2.75, 3.05) is 13.1 Å². The lowest BCUT2D eigenvalue weighted by Gasteiger charge is -2.23. The van der Waals surface area contributed by atoms with Crippen molar-refractivity contribution in [2.45, 2.75) is 84.3 Å². The highest BCUT2D eigenvalue weighted by Crippen LogP contribution is 2.14. The maximum atomic E-state index is 9.64. The molecule has 0 aliphatic carbocycles. The minimum Gasteiger partial charge on any atom is -0.374 e. The fourth-order valence-electron chi connectivity index (χ4n) is 2.79. The minimum atomic E-state index is -0.382. The van der Waals surface area contributed by atoms with Crippen LogP contribution in [0.3, 0.4) is 0 Å². The van der Waals surface area contributed by atoms with Crippen molar-refractivity contribution in [2.24, 2.45) is 4.99 Å². The van der Waals surface area contributed by atoms with Crippen molar-refractivity contribution in [3.8, 4) is 0 Å². The Kier molecular flexibility index (Phi) is 10.2. The zero-order valence-electron chi connectivity index (χ0n) is 14.1. The molecule has 1 aliphatic heterocycles. The molecule has 21 heavy (non-hydrogen) atoms. The van der Waals surface area contributed by atoms with Gasteiger partial charge < -0.3 is 10.0 Å². The molecular formula is C18H34N2O. The summed E-state index contributed by atoms with van der Waals surface area (Å²) in [5.74, 6) is 1.12. The first kappa shape index (κ1) is 18.2. The second kappa shape index (κ2) is 11.8. The Morgan fingerprint density at radius 3 is 2.48 bits per heavy atom. The number of aliphatic imine (C=N–C) groups is 1. The zero-order valence-corrected chi connectivity index (χ0v) is 14.1. The van der Waals surface area contributed by atoms with Crippen molar-refractivity contribution < 1.29 is 5.11 Å². The quantitative estimate of drug-likeness (QED) is 0.424. The minimum absolute atomic E-state index is 0.382. The van der Waals surface area contributed by atoms with Gasteiger partial charge in [0.05, 0.1) is 6.54 Å². The van der Waals surface area contributed by atoms with Crippen LogP contribution in [0.25, 0.3) is 0 Å². The molecule has 1 atom stereocenters. The number of aliphatic hydroxyl groups excluding tert-OH is 1. The van der Waals surface area contributed by atoms with Crippen LogP contribution in [0, 0.1) is 0 Å². The van der Waals surface area contributed by atoms with Gasteiger partial charge in [-0.05, 0) is 32.6 Å². The second-order valence-corrected chi connectivity index (χ2v) is 6.04. The van der Waals surface area contributed by atoms with E-state index < -0.39 is 0 Å². The molecule has 0 aromatic rings. The molecule has 0 amide bonds. The third kappa shape index (κ3) is 8.25. The third-order valence-electron chi connectivity index (χ3n) is 4.06. The molecule has 0 aromatic carbocycles.